The SMILES string of the molecule is CCc1cccc(C(N)C2Cc3ccccc3O2)c1. The highest BCUT2D eigenvalue weighted by Crippen LogP contribution is 2.33. The van der Waals surface area contributed by atoms with Gasteiger partial charge in [-0.3, -0.25) is 0 Å². The van der Waals surface area contributed by atoms with E-state index in [-0.39, 0.29) is 12.1 Å². The van der Waals surface area contributed by atoms with E-state index in [0.717, 1.165) is 24.2 Å². The summed E-state index contributed by atoms with van der Waals surface area (Å²) in [6.07, 6.45) is 1.98. The van der Waals surface area contributed by atoms with Gasteiger partial charge >= 0.3 is 0 Å². The molecule has 0 amide bonds. The summed E-state index contributed by atoms with van der Waals surface area (Å²) >= 11 is 0. The maximum absolute atomic E-state index is 6.38. The van der Waals surface area contributed by atoms with Crippen LogP contribution in [0.2, 0.25) is 0 Å². The number of fused-ring (bicyclic) bond motifs is 1. The lowest BCUT2D eigenvalue weighted by Gasteiger charge is -2.20. The molecule has 2 atom stereocenters. The van der Waals surface area contributed by atoms with Gasteiger partial charge in [-0.1, -0.05) is 49.4 Å². The van der Waals surface area contributed by atoms with E-state index in [1.165, 1.54) is 11.1 Å². The molecule has 98 valence electrons. The molecule has 0 radical (unpaired) electrons. The topological polar surface area (TPSA) is 35.2 Å². The monoisotopic (exact) mass is 253 g/mol. The maximum atomic E-state index is 6.38. The van der Waals surface area contributed by atoms with Gasteiger partial charge in [0.15, 0.2) is 0 Å². The van der Waals surface area contributed by atoms with Crippen LogP contribution in [0.15, 0.2) is 48.5 Å². The lowest BCUT2D eigenvalue weighted by molar-refractivity contribution is 0.200. The Hall–Kier alpha value is -1.80. The predicted molar refractivity (Wildman–Crippen MR) is 77.3 cm³/mol. The molecule has 2 nitrogen and oxygen atoms in total. The van der Waals surface area contributed by atoms with Crippen LogP contribution in [0.3, 0.4) is 0 Å². The van der Waals surface area contributed by atoms with Crippen molar-refractivity contribution in [3.8, 4) is 5.75 Å². The first-order valence-corrected chi connectivity index (χ1v) is 6.87. The van der Waals surface area contributed by atoms with Gasteiger partial charge in [0.1, 0.15) is 11.9 Å². The molecular weight excluding hydrogens is 234 g/mol. The highest BCUT2D eigenvalue weighted by molar-refractivity contribution is 5.39. The van der Waals surface area contributed by atoms with E-state index in [9.17, 15) is 0 Å². The molecule has 2 N–H and O–H groups in total. The van der Waals surface area contributed by atoms with E-state index < -0.39 is 0 Å². The average molecular weight is 253 g/mol. The van der Waals surface area contributed by atoms with Crippen LogP contribution in [-0.4, -0.2) is 6.10 Å². The molecule has 0 spiro atoms. The van der Waals surface area contributed by atoms with Crippen LogP contribution in [0.4, 0.5) is 0 Å². The third-order valence-corrected chi connectivity index (χ3v) is 3.82. The van der Waals surface area contributed by atoms with E-state index in [0.29, 0.717) is 0 Å². The minimum atomic E-state index is -0.0705. The zero-order valence-electron chi connectivity index (χ0n) is 11.2. The largest absolute Gasteiger partial charge is 0.488 e. The molecule has 0 bridgehead atoms. The van der Waals surface area contributed by atoms with Gasteiger partial charge < -0.3 is 10.5 Å². The van der Waals surface area contributed by atoms with Crippen LogP contribution in [0.5, 0.6) is 5.75 Å². The predicted octanol–water partition coefficient (Wildman–Crippen LogP) is 3.25. The van der Waals surface area contributed by atoms with E-state index in [1.807, 2.05) is 18.2 Å². The van der Waals surface area contributed by atoms with Crippen molar-refractivity contribution in [2.24, 2.45) is 5.73 Å². The first kappa shape index (κ1) is 12.2. The van der Waals surface area contributed by atoms with Gasteiger partial charge in [-0.25, -0.2) is 0 Å². The van der Waals surface area contributed by atoms with Gasteiger partial charge in [0.05, 0.1) is 6.04 Å². The zero-order chi connectivity index (χ0) is 13.2. The Kier molecular flexibility index (Phi) is 3.26. The summed E-state index contributed by atoms with van der Waals surface area (Å²) in [6.45, 7) is 2.16. The first-order valence-electron chi connectivity index (χ1n) is 6.87. The van der Waals surface area contributed by atoms with Crippen LogP contribution in [0, 0.1) is 0 Å². The smallest absolute Gasteiger partial charge is 0.123 e. The molecule has 3 rings (SSSR count). The quantitative estimate of drug-likeness (QED) is 0.911. The number of hydrogen-bond donors (Lipinski definition) is 1. The van der Waals surface area contributed by atoms with Gasteiger partial charge in [-0.2, -0.15) is 0 Å². The molecule has 2 heteroatoms. The molecule has 0 fully saturated rings. The van der Waals surface area contributed by atoms with E-state index in [1.54, 1.807) is 0 Å². The molecule has 2 unspecified atom stereocenters. The maximum Gasteiger partial charge on any atom is 0.123 e. The second-order valence-corrected chi connectivity index (χ2v) is 5.09. The Morgan fingerprint density at radius 2 is 2.05 bits per heavy atom. The van der Waals surface area contributed by atoms with Crippen molar-refractivity contribution in [2.75, 3.05) is 0 Å². The molecular formula is C17H19NO. The van der Waals surface area contributed by atoms with Crippen molar-refractivity contribution in [1.82, 2.24) is 0 Å². The second-order valence-electron chi connectivity index (χ2n) is 5.09. The number of aryl methyl sites for hydroxylation is 1. The Labute approximate surface area is 114 Å². The molecule has 1 heterocycles. The van der Waals surface area contributed by atoms with Crippen molar-refractivity contribution < 1.29 is 4.74 Å². The molecule has 0 saturated heterocycles. The molecule has 1 aliphatic heterocycles. The molecule has 2 aromatic carbocycles. The average Bonchev–Trinajstić information content (AvgIpc) is 2.90. The van der Waals surface area contributed by atoms with Crippen LogP contribution in [0.25, 0.3) is 0 Å². The number of rotatable bonds is 3. The van der Waals surface area contributed by atoms with Crippen molar-refractivity contribution in [3.63, 3.8) is 0 Å². The van der Waals surface area contributed by atoms with Crippen molar-refractivity contribution in [3.05, 3.63) is 65.2 Å². The van der Waals surface area contributed by atoms with Crippen LogP contribution in [-0.2, 0) is 12.8 Å². The van der Waals surface area contributed by atoms with E-state index >= 15 is 0 Å². The van der Waals surface area contributed by atoms with Crippen LogP contribution in [0.1, 0.15) is 29.7 Å². The van der Waals surface area contributed by atoms with Gasteiger partial charge in [0.25, 0.3) is 0 Å². The number of hydrogen-bond acceptors (Lipinski definition) is 2. The zero-order valence-corrected chi connectivity index (χ0v) is 11.2. The highest BCUT2D eigenvalue weighted by atomic mass is 16.5. The fourth-order valence-electron chi connectivity index (χ4n) is 2.64. The molecule has 0 aromatic heterocycles. The standard InChI is InChI=1S/C17H19NO/c1-2-12-6-5-8-14(10-12)17(18)16-11-13-7-3-4-9-15(13)19-16/h3-10,16-17H,2,11,18H2,1H3. The van der Waals surface area contributed by atoms with Crippen LogP contribution >= 0.6 is 0 Å². The lowest BCUT2D eigenvalue weighted by Crippen LogP contribution is -2.30. The van der Waals surface area contributed by atoms with Crippen molar-refractivity contribution >= 4 is 0 Å². The fraction of sp³-hybridized carbons (Fsp3) is 0.294. The molecule has 1 aliphatic rings. The summed E-state index contributed by atoms with van der Waals surface area (Å²) in [5, 5.41) is 0. The molecule has 19 heavy (non-hydrogen) atoms. The van der Waals surface area contributed by atoms with Gasteiger partial charge in [0, 0.05) is 6.42 Å². The number of ether oxygens (including phenoxy) is 1. The van der Waals surface area contributed by atoms with Crippen molar-refractivity contribution in [1.29, 1.82) is 0 Å². The summed E-state index contributed by atoms with van der Waals surface area (Å²) in [6, 6.07) is 16.6. The summed E-state index contributed by atoms with van der Waals surface area (Å²) in [5.41, 5.74) is 10.1. The molecule has 2 aromatic rings. The Morgan fingerprint density at radius 3 is 2.84 bits per heavy atom. The Morgan fingerprint density at radius 1 is 1.21 bits per heavy atom. The van der Waals surface area contributed by atoms with E-state index in [4.69, 9.17) is 10.5 Å². The van der Waals surface area contributed by atoms with Gasteiger partial charge in [-0.15, -0.1) is 0 Å². The minimum absolute atomic E-state index is 0.0458. The third-order valence-electron chi connectivity index (χ3n) is 3.82. The second kappa shape index (κ2) is 5.06. The normalized spacial score (nSPS) is 18.7. The van der Waals surface area contributed by atoms with Gasteiger partial charge in [-0.05, 0) is 29.2 Å². The first-order chi connectivity index (χ1) is 9.28. The van der Waals surface area contributed by atoms with Gasteiger partial charge in [0.2, 0.25) is 0 Å². The molecule has 0 aliphatic carbocycles. The fourth-order valence-corrected chi connectivity index (χ4v) is 2.64. The Bertz CT molecular complexity index is 554. The lowest BCUT2D eigenvalue weighted by atomic mass is 9.96. The summed E-state index contributed by atoms with van der Waals surface area (Å²) in [7, 11) is 0. The number of benzene rings is 2. The Balaban J connectivity index is 1.80. The molecule has 0 saturated carbocycles. The minimum Gasteiger partial charge on any atom is -0.488 e. The number of para-hydroxylation sites is 1. The third kappa shape index (κ3) is 2.36. The highest BCUT2D eigenvalue weighted by Gasteiger charge is 2.28. The summed E-state index contributed by atoms with van der Waals surface area (Å²) in [4.78, 5) is 0. The summed E-state index contributed by atoms with van der Waals surface area (Å²) in [5.74, 6) is 0.981. The van der Waals surface area contributed by atoms with Crippen LogP contribution < -0.4 is 10.5 Å². The summed E-state index contributed by atoms with van der Waals surface area (Å²) < 4.78 is 5.97. The van der Waals surface area contributed by atoms with E-state index in [2.05, 4.69) is 37.3 Å². The van der Waals surface area contributed by atoms with Crippen molar-refractivity contribution in [2.45, 2.75) is 31.9 Å². The number of nitrogens with two attached hydrogens (primary N) is 1.